The molecular weight excluding hydrogens is 286 g/mol. The van der Waals surface area contributed by atoms with Crippen LogP contribution >= 0.6 is 23.5 Å². The van der Waals surface area contributed by atoms with E-state index in [1.165, 1.54) is 12.1 Å². The lowest BCUT2D eigenvalue weighted by Crippen LogP contribution is -2.32. The number of halogens is 2. The van der Waals surface area contributed by atoms with Crippen molar-refractivity contribution < 1.29 is 13.9 Å². The first-order valence-electron chi connectivity index (χ1n) is 6.42. The maximum Gasteiger partial charge on any atom is 0.134 e. The third-order valence-electron chi connectivity index (χ3n) is 3.42. The van der Waals surface area contributed by atoms with Gasteiger partial charge < -0.3 is 5.11 Å². The number of aryl methyl sites for hydroxylation is 1. The number of benzene rings is 1. The Morgan fingerprint density at radius 2 is 2.00 bits per heavy atom. The summed E-state index contributed by atoms with van der Waals surface area (Å²) in [6.07, 6.45) is -0.184. The summed E-state index contributed by atoms with van der Waals surface area (Å²) < 4.78 is 27.9. The highest BCUT2D eigenvalue weighted by Gasteiger charge is 2.34. The Morgan fingerprint density at radius 3 is 2.68 bits per heavy atom. The van der Waals surface area contributed by atoms with Gasteiger partial charge in [-0.2, -0.15) is 23.5 Å². The summed E-state index contributed by atoms with van der Waals surface area (Å²) in [5.74, 6) is 0.684. The summed E-state index contributed by atoms with van der Waals surface area (Å²) in [5, 5.41) is 10.5. The smallest absolute Gasteiger partial charge is 0.134 e. The summed E-state index contributed by atoms with van der Waals surface area (Å²) >= 11 is 3.40. The molecule has 1 aromatic carbocycles. The molecule has 1 aliphatic heterocycles. The molecule has 0 aromatic heterocycles. The Morgan fingerprint density at radius 1 is 1.32 bits per heavy atom. The molecule has 19 heavy (non-hydrogen) atoms. The van der Waals surface area contributed by atoms with E-state index in [4.69, 9.17) is 0 Å². The fourth-order valence-electron chi connectivity index (χ4n) is 2.34. The van der Waals surface area contributed by atoms with Crippen molar-refractivity contribution in [2.45, 2.75) is 36.9 Å². The van der Waals surface area contributed by atoms with Crippen molar-refractivity contribution in [1.29, 1.82) is 0 Å². The van der Waals surface area contributed by atoms with Crippen LogP contribution in [-0.4, -0.2) is 27.1 Å². The lowest BCUT2D eigenvalue weighted by Gasteiger charge is -2.33. The summed E-state index contributed by atoms with van der Waals surface area (Å²) in [6, 6.07) is 2.64. The number of rotatable bonds is 3. The summed E-state index contributed by atoms with van der Waals surface area (Å²) in [5.41, 5.74) is 0.204. The van der Waals surface area contributed by atoms with Crippen LogP contribution in [0.25, 0.3) is 0 Å². The first-order chi connectivity index (χ1) is 9.06. The van der Waals surface area contributed by atoms with Crippen molar-refractivity contribution in [3.05, 3.63) is 34.9 Å². The second kappa shape index (κ2) is 6.46. The molecule has 106 valence electrons. The lowest BCUT2D eigenvalue weighted by molar-refractivity contribution is 0.162. The third kappa shape index (κ3) is 3.09. The topological polar surface area (TPSA) is 20.2 Å². The monoisotopic (exact) mass is 304 g/mol. The molecule has 0 amide bonds. The van der Waals surface area contributed by atoms with Crippen molar-refractivity contribution in [2.75, 3.05) is 11.5 Å². The SMILES string of the molecule is CCC1SCCSC1C(O)c1c(F)ccc(C)c1F. The zero-order valence-electron chi connectivity index (χ0n) is 11.0. The molecule has 1 aliphatic rings. The Hall–Kier alpha value is -0.260. The van der Waals surface area contributed by atoms with Crippen LogP contribution in [0.2, 0.25) is 0 Å². The molecule has 0 aliphatic carbocycles. The third-order valence-corrected chi connectivity index (χ3v) is 6.76. The fraction of sp³-hybridized carbons (Fsp3) is 0.571. The number of hydrogen-bond donors (Lipinski definition) is 1. The average Bonchev–Trinajstić information content (AvgIpc) is 2.43. The van der Waals surface area contributed by atoms with E-state index in [0.717, 1.165) is 17.9 Å². The highest BCUT2D eigenvalue weighted by Crippen LogP contribution is 2.41. The number of aliphatic hydroxyl groups is 1. The predicted octanol–water partition coefficient (Wildman–Crippen LogP) is 3.93. The van der Waals surface area contributed by atoms with Crippen molar-refractivity contribution in [2.24, 2.45) is 0 Å². The van der Waals surface area contributed by atoms with Crippen molar-refractivity contribution in [3.63, 3.8) is 0 Å². The molecule has 2 rings (SSSR count). The van der Waals surface area contributed by atoms with E-state index in [1.807, 2.05) is 6.92 Å². The molecule has 1 N–H and O–H groups in total. The Labute approximate surface area is 121 Å². The first-order valence-corrected chi connectivity index (χ1v) is 8.51. The van der Waals surface area contributed by atoms with Crippen LogP contribution < -0.4 is 0 Å². The minimum absolute atomic E-state index is 0.144. The number of aliphatic hydroxyl groups excluding tert-OH is 1. The summed E-state index contributed by atoms with van der Waals surface area (Å²) in [4.78, 5) is 0. The van der Waals surface area contributed by atoms with Crippen LogP contribution in [0.3, 0.4) is 0 Å². The van der Waals surface area contributed by atoms with Gasteiger partial charge in [0.15, 0.2) is 0 Å². The predicted molar refractivity (Wildman–Crippen MR) is 78.8 cm³/mol. The molecule has 3 unspecified atom stereocenters. The Bertz CT molecular complexity index is 453. The highest BCUT2D eigenvalue weighted by molar-refractivity contribution is 8.07. The molecule has 0 saturated carbocycles. The summed E-state index contributed by atoms with van der Waals surface area (Å²) in [7, 11) is 0. The van der Waals surface area contributed by atoms with E-state index in [-0.39, 0.29) is 16.1 Å². The van der Waals surface area contributed by atoms with Crippen LogP contribution in [0.15, 0.2) is 12.1 Å². The Balaban J connectivity index is 2.32. The molecule has 3 atom stereocenters. The van der Waals surface area contributed by atoms with E-state index >= 15 is 0 Å². The van der Waals surface area contributed by atoms with Crippen LogP contribution in [0.4, 0.5) is 8.78 Å². The number of thioether (sulfide) groups is 2. The van der Waals surface area contributed by atoms with Gasteiger partial charge in [0, 0.05) is 22.0 Å². The quantitative estimate of drug-likeness (QED) is 0.913. The first kappa shape index (κ1) is 15.1. The Kier molecular flexibility index (Phi) is 5.15. The molecular formula is C14H18F2OS2. The van der Waals surface area contributed by atoms with E-state index in [2.05, 4.69) is 0 Å². The van der Waals surface area contributed by atoms with Gasteiger partial charge in [-0.1, -0.05) is 13.0 Å². The summed E-state index contributed by atoms with van der Waals surface area (Å²) in [6.45, 7) is 3.64. The minimum Gasteiger partial charge on any atom is -0.387 e. The largest absolute Gasteiger partial charge is 0.387 e. The molecule has 1 heterocycles. The van der Waals surface area contributed by atoms with E-state index in [1.54, 1.807) is 30.4 Å². The molecule has 1 nitrogen and oxygen atoms in total. The van der Waals surface area contributed by atoms with E-state index < -0.39 is 17.7 Å². The van der Waals surface area contributed by atoms with Gasteiger partial charge in [0.1, 0.15) is 11.6 Å². The van der Waals surface area contributed by atoms with Gasteiger partial charge in [-0.15, -0.1) is 0 Å². The second-order valence-electron chi connectivity index (χ2n) is 4.69. The van der Waals surface area contributed by atoms with E-state index in [0.29, 0.717) is 5.56 Å². The standard InChI is InChI=1S/C14H18F2OS2/c1-3-10-14(19-7-6-18-10)13(17)11-9(15)5-4-8(2)12(11)16/h4-5,10,13-14,17H,3,6-7H2,1-2H3. The average molecular weight is 304 g/mol. The molecule has 0 bridgehead atoms. The van der Waals surface area contributed by atoms with Gasteiger partial charge in [-0.3, -0.25) is 0 Å². The molecule has 0 spiro atoms. The number of hydrogen-bond acceptors (Lipinski definition) is 3. The maximum absolute atomic E-state index is 14.1. The second-order valence-corrected chi connectivity index (χ2v) is 7.32. The fourth-order valence-corrected chi connectivity index (χ4v) is 5.46. The zero-order valence-corrected chi connectivity index (χ0v) is 12.7. The van der Waals surface area contributed by atoms with Crippen molar-refractivity contribution >= 4 is 23.5 Å². The van der Waals surface area contributed by atoms with Gasteiger partial charge in [-0.05, 0) is 25.0 Å². The lowest BCUT2D eigenvalue weighted by atomic mass is 9.99. The van der Waals surface area contributed by atoms with Crippen molar-refractivity contribution in [1.82, 2.24) is 0 Å². The molecule has 5 heteroatoms. The van der Waals surface area contributed by atoms with Gasteiger partial charge in [0.25, 0.3) is 0 Å². The van der Waals surface area contributed by atoms with Gasteiger partial charge in [0.2, 0.25) is 0 Å². The van der Waals surface area contributed by atoms with Crippen LogP contribution in [0, 0.1) is 18.6 Å². The highest BCUT2D eigenvalue weighted by atomic mass is 32.2. The minimum atomic E-state index is -1.08. The van der Waals surface area contributed by atoms with Gasteiger partial charge >= 0.3 is 0 Å². The molecule has 0 radical (unpaired) electrons. The molecule has 1 saturated heterocycles. The maximum atomic E-state index is 14.1. The van der Waals surface area contributed by atoms with Gasteiger partial charge in [-0.25, -0.2) is 8.78 Å². The van der Waals surface area contributed by atoms with E-state index in [9.17, 15) is 13.9 Å². The van der Waals surface area contributed by atoms with Crippen LogP contribution in [0.5, 0.6) is 0 Å². The molecule has 1 aromatic rings. The van der Waals surface area contributed by atoms with Crippen molar-refractivity contribution in [3.8, 4) is 0 Å². The van der Waals surface area contributed by atoms with Gasteiger partial charge in [0.05, 0.1) is 11.7 Å². The molecule has 1 fully saturated rings. The zero-order chi connectivity index (χ0) is 14.0. The van der Waals surface area contributed by atoms with Crippen LogP contribution in [-0.2, 0) is 0 Å². The normalized spacial score (nSPS) is 25.3. The van der Waals surface area contributed by atoms with Crippen LogP contribution in [0.1, 0.15) is 30.6 Å².